The van der Waals surface area contributed by atoms with Crippen molar-refractivity contribution in [1.29, 1.82) is 0 Å². The molecule has 0 bridgehead atoms. The predicted molar refractivity (Wildman–Crippen MR) is 108 cm³/mol. The van der Waals surface area contributed by atoms with Gasteiger partial charge in [-0.1, -0.05) is 30.3 Å². The lowest BCUT2D eigenvalue weighted by molar-refractivity contribution is 0.854. The lowest BCUT2D eigenvalue weighted by atomic mass is 10.2. The summed E-state index contributed by atoms with van der Waals surface area (Å²) in [6.45, 7) is 1.93. The molecule has 0 saturated carbocycles. The van der Waals surface area contributed by atoms with Crippen LogP contribution in [0.25, 0.3) is 22.0 Å². The van der Waals surface area contributed by atoms with Gasteiger partial charge in [-0.25, -0.2) is 15.0 Å². The van der Waals surface area contributed by atoms with Crippen molar-refractivity contribution >= 4 is 23.0 Å². The van der Waals surface area contributed by atoms with E-state index in [2.05, 4.69) is 20.3 Å². The SMILES string of the molecule is Cc1cc(Nc2nccc(-c3csc(-c4ccccc4)n3)n2)c(=O)n(C)c1. The molecule has 0 aliphatic heterocycles. The van der Waals surface area contributed by atoms with E-state index in [9.17, 15) is 4.79 Å². The van der Waals surface area contributed by atoms with Crippen molar-refractivity contribution in [1.82, 2.24) is 19.5 Å². The van der Waals surface area contributed by atoms with E-state index in [0.29, 0.717) is 17.3 Å². The minimum absolute atomic E-state index is 0.130. The highest BCUT2D eigenvalue weighted by Crippen LogP contribution is 2.28. The number of rotatable bonds is 4. The van der Waals surface area contributed by atoms with Crippen LogP contribution < -0.4 is 10.9 Å². The Morgan fingerprint density at radius 1 is 1.07 bits per heavy atom. The average Bonchev–Trinajstić information content (AvgIpc) is 3.17. The summed E-state index contributed by atoms with van der Waals surface area (Å²) in [6, 6.07) is 13.6. The number of nitrogens with one attached hydrogen (secondary N) is 1. The smallest absolute Gasteiger partial charge is 0.274 e. The summed E-state index contributed by atoms with van der Waals surface area (Å²) < 4.78 is 1.54. The van der Waals surface area contributed by atoms with Crippen molar-refractivity contribution in [3.8, 4) is 22.0 Å². The second-order valence-electron chi connectivity index (χ2n) is 6.14. The normalized spacial score (nSPS) is 10.7. The highest BCUT2D eigenvalue weighted by Gasteiger charge is 2.10. The first kappa shape index (κ1) is 17.1. The van der Waals surface area contributed by atoms with Crippen LogP contribution in [0.3, 0.4) is 0 Å². The predicted octanol–water partition coefficient (Wildman–Crippen LogP) is 4.02. The van der Waals surface area contributed by atoms with Crippen molar-refractivity contribution in [2.24, 2.45) is 7.05 Å². The van der Waals surface area contributed by atoms with Gasteiger partial charge in [0.05, 0.1) is 5.69 Å². The van der Waals surface area contributed by atoms with Crippen molar-refractivity contribution in [3.05, 3.63) is 76.2 Å². The molecule has 4 rings (SSSR count). The molecule has 3 heterocycles. The molecule has 1 aromatic carbocycles. The number of hydrogen-bond donors (Lipinski definition) is 1. The van der Waals surface area contributed by atoms with Crippen molar-refractivity contribution in [2.45, 2.75) is 6.92 Å². The monoisotopic (exact) mass is 375 g/mol. The van der Waals surface area contributed by atoms with Crippen LogP contribution in [0.5, 0.6) is 0 Å². The number of anilines is 2. The molecule has 7 heteroatoms. The number of aryl methyl sites for hydroxylation is 2. The summed E-state index contributed by atoms with van der Waals surface area (Å²) in [5.74, 6) is 0.365. The molecular formula is C20H17N5OS. The molecule has 27 heavy (non-hydrogen) atoms. The summed E-state index contributed by atoms with van der Waals surface area (Å²) in [5, 5.41) is 5.93. The molecule has 0 amide bonds. The van der Waals surface area contributed by atoms with Gasteiger partial charge in [-0.15, -0.1) is 11.3 Å². The summed E-state index contributed by atoms with van der Waals surface area (Å²) >= 11 is 1.57. The molecular weight excluding hydrogens is 358 g/mol. The molecule has 0 fully saturated rings. The number of benzene rings is 1. The van der Waals surface area contributed by atoms with Crippen molar-refractivity contribution in [3.63, 3.8) is 0 Å². The Hall–Kier alpha value is -3.32. The van der Waals surface area contributed by atoms with E-state index < -0.39 is 0 Å². The molecule has 134 valence electrons. The summed E-state index contributed by atoms with van der Waals surface area (Å²) in [6.07, 6.45) is 3.44. The van der Waals surface area contributed by atoms with Gasteiger partial charge in [-0.3, -0.25) is 4.79 Å². The Kier molecular flexibility index (Phi) is 4.52. The minimum Gasteiger partial charge on any atom is -0.320 e. The molecule has 0 atom stereocenters. The highest BCUT2D eigenvalue weighted by molar-refractivity contribution is 7.13. The van der Waals surface area contributed by atoms with E-state index in [1.54, 1.807) is 36.8 Å². The van der Waals surface area contributed by atoms with Crippen LogP contribution in [0, 0.1) is 6.92 Å². The van der Waals surface area contributed by atoms with Crippen LogP contribution in [-0.4, -0.2) is 19.5 Å². The topological polar surface area (TPSA) is 72.7 Å². The Balaban J connectivity index is 1.64. The van der Waals surface area contributed by atoms with Gasteiger partial charge in [-0.2, -0.15) is 0 Å². The van der Waals surface area contributed by atoms with Gasteiger partial charge < -0.3 is 9.88 Å². The maximum Gasteiger partial charge on any atom is 0.274 e. The van der Waals surface area contributed by atoms with Gasteiger partial charge in [-0.05, 0) is 24.6 Å². The van der Waals surface area contributed by atoms with Gasteiger partial charge in [0.15, 0.2) is 0 Å². The van der Waals surface area contributed by atoms with Crippen LogP contribution in [0.4, 0.5) is 11.6 Å². The maximum absolute atomic E-state index is 12.3. The van der Waals surface area contributed by atoms with Crippen molar-refractivity contribution in [2.75, 3.05) is 5.32 Å². The van der Waals surface area contributed by atoms with Crippen LogP contribution in [-0.2, 0) is 7.05 Å². The van der Waals surface area contributed by atoms with Gasteiger partial charge in [0.1, 0.15) is 16.4 Å². The number of hydrogen-bond acceptors (Lipinski definition) is 6. The first-order valence-electron chi connectivity index (χ1n) is 8.39. The molecule has 4 aromatic rings. The van der Waals surface area contributed by atoms with Crippen LogP contribution in [0.1, 0.15) is 5.56 Å². The third-order valence-corrected chi connectivity index (χ3v) is 4.90. The quantitative estimate of drug-likeness (QED) is 0.583. The van der Waals surface area contributed by atoms with Gasteiger partial charge in [0.25, 0.3) is 5.56 Å². The zero-order valence-electron chi connectivity index (χ0n) is 14.9. The Morgan fingerprint density at radius 2 is 1.89 bits per heavy atom. The second kappa shape index (κ2) is 7.13. The molecule has 0 aliphatic carbocycles. The largest absolute Gasteiger partial charge is 0.320 e. The lowest BCUT2D eigenvalue weighted by Crippen LogP contribution is -2.20. The van der Waals surface area contributed by atoms with E-state index in [1.165, 1.54) is 4.57 Å². The third kappa shape index (κ3) is 3.63. The van der Waals surface area contributed by atoms with E-state index in [4.69, 9.17) is 0 Å². The molecule has 0 aliphatic rings. The van der Waals surface area contributed by atoms with Crippen LogP contribution in [0.2, 0.25) is 0 Å². The molecule has 6 nitrogen and oxygen atoms in total. The lowest BCUT2D eigenvalue weighted by Gasteiger charge is -2.08. The molecule has 0 radical (unpaired) electrons. The van der Waals surface area contributed by atoms with Gasteiger partial charge in [0.2, 0.25) is 5.95 Å². The number of nitrogens with zero attached hydrogens (tertiary/aromatic N) is 4. The highest BCUT2D eigenvalue weighted by atomic mass is 32.1. The minimum atomic E-state index is -0.130. The zero-order valence-corrected chi connectivity index (χ0v) is 15.7. The Bertz CT molecular complexity index is 1150. The van der Waals surface area contributed by atoms with E-state index in [1.807, 2.05) is 48.7 Å². The molecule has 0 saturated heterocycles. The van der Waals surface area contributed by atoms with Crippen LogP contribution >= 0.6 is 11.3 Å². The Morgan fingerprint density at radius 3 is 2.70 bits per heavy atom. The molecule has 1 N–H and O–H groups in total. The van der Waals surface area contributed by atoms with E-state index in [-0.39, 0.29) is 5.56 Å². The summed E-state index contributed by atoms with van der Waals surface area (Å²) in [4.78, 5) is 25.7. The maximum atomic E-state index is 12.3. The zero-order chi connectivity index (χ0) is 18.8. The third-order valence-electron chi connectivity index (χ3n) is 4.01. The molecule has 3 aromatic heterocycles. The number of thiazole rings is 1. The second-order valence-corrected chi connectivity index (χ2v) is 7.00. The van der Waals surface area contributed by atoms with Crippen molar-refractivity contribution < 1.29 is 0 Å². The number of aromatic nitrogens is 4. The fourth-order valence-corrected chi connectivity index (χ4v) is 3.58. The standard InChI is InChI=1S/C20H17N5OS/c1-13-10-16(19(26)25(2)11-13)24-20-21-9-8-15(23-20)17-12-27-18(22-17)14-6-4-3-5-7-14/h3-12H,1-2H3,(H,21,23,24). The fourth-order valence-electron chi connectivity index (χ4n) is 2.76. The average molecular weight is 375 g/mol. The van der Waals surface area contributed by atoms with Crippen LogP contribution in [0.15, 0.2) is 65.0 Å². The summed E-state index contributed by atoms with van der Waals surface area (Å²) in [7, 11) is 1.72. The molecule has 0 spiro atoms. The fraction of sp³-hybridized carbons (Fsp3) is 0.100. The van der Waals surface area contributed by atoms with Gasteiger partial charge >= 0.3 is 0 Å². The first-order valence-corrected chi connectivity index (χ1v) is 9.27. The van der Waals surface area contributed by atoms with E-state index in [0.717, 1.165) is 21.8 Å². The Labute approximate surface area is 160 Å². The van der Waals surface area contributed by atoms with E-state index >= 15 is 0 Å². The first-order chi connectivity index (χ1) is 13.1. The molecule has 0 unspecified atom stereocenters. The summed E-state index contributed by atoms with van der Waals surface area (Å²) in [5.41, 5.74) is 3.84. The number of pyridine rings is 1. The van der Waals surface area contributed by atoms with Gasteiger partial charge in [0, 0.05) is 30.4 Å².